The zero-order chi connectivity index (χ0) is 31.2. The van der Waals surface area contributed by atoms with Crippen molar-refractivity contribution in [2.24, 2.45) is 17.4 Å². The van der Waals surface area contributed by atoms with Gasteiger partial charge in [-0.25, -0.2) is 0 Å². The molecule has 11 heteroatoms. The molecule has 2 atom stereocenters. The van der Waals surface area contributed by atoms with E-state index in [-0.39, 0.29) is 24.2 Å². The first-order valence-corrected chi connectivity index (χ1v) is 15.2. The number of anilines is 2. The average molecular weight is 609 g/mol. The molecular formula is C33H32N6O4S. The topological polar surface area (TPSA) is 178 Å². The van der Waals surface area contributed by atoms with Gasteiger partial charge in [0.2, 0.25) is 11.8 Å². The number of nitriles is 1. The number of nitrogens with zero attached hydrogens (tertiary/aromatic N) is 2. The standard InChI is InChI=1S/C33H32N6O4S/c1-18-17-21(43-20-5-3-2-4-6-20)7-8-22(18)33(37)23-9-10-24(35)29-26(23)27(28(36)30(33)41)32(44-29)38-31(42)19-12-15-39(16-13-19)25(40)11-14-34/h2-10,17,19,28H,11-13,15-16,35-37H2,1H3,(H,38,42). The predicted molar refractivity (Wildman–Crippen MR) is 169 cm³/mol. The fourth-order valence-electron chi connectivity index (χ4n) is 6.30. The van der Waals surface area contributed by atoms with E-state index in [0.717, 1.165) is 5.56 Å². The third kappa shape index (κ3) is 4.87. The van der Waals surface area contributed by atoms with Crippen molar-refractivity contribution in [3.63, 3.8) is 0 Å². The number of nitrogens with two attached hydrogens (primary N) is 3. The van der Waals surface area contributed by atoms with Gasteiger partial charge in [-0.05, 0) is 66.8 Å². The summed E-state index contributed by atoms with van der Waals surface area (Å²) < 4.78 is 6.69. The number of Topliss-reactive ketones (excluding diaryl/α,β-unsaturated/α-hetero) is 1. The Morgan fingerprint density at radius 1 is 1.09 bits per heavy atom. The smallest absolute Gasteiger partial charge is 0.236 e. The van der Waals surface area contributed by atoms with Crippen LogP contribution in [-0.4, -0.2) is 35.6 Å². The Morgan fingerprint density at radius 2 is 1.80 bits per heavy atom. The summed E-state index contributed by atoms with van der Waals surface area (Å²) in [6.45, 7) is 2.68. The number of aryl methyl sites for hydroxylation is 1. The van der Waals surface area contributed by atoms with Gasteiger partial charge in [0.15, 0.2) is 5.78 Å². The monoisotopic (exact) mass is 608 g/mol. The first-order valence-electron chi connectivity index (χ1n) is 14.4. The molecule has 7 N–H and O–H groups in total. The molecule has 3 aromatic carbocycles. The predicted octanol–water partition coefficient (Wildman–Crippen LogP) is 4.46. The first-order chi connectivity index (χ1) is 21.1. The Bertz CT molecular complexity index is 1840. The fraction of sp³-hybridized carbons (Fsp3) is 0.273. The van der Waals surface area contributed by atoms with Gasteiger partial charge in [-0.2, -0.15) is 5.26 Å². The number of likely N-dealkylation sites (tertiary alicyclic amines) is 1. The number of carbonyl (C=O) groups excluding carboxylic acids is 3. The Hall–Kier alpha value is -4.76. The van der Waals surface area contributed by atoms with Crippen LogP contribution in [0.25, 0.3) is 10.1 Å². The van der Waals surface area contributed by atoms with E-state index in [1.165, 1.54) is 11.3 Å². The van der Waals surface area contributed by atoms with E-state index in [2.05, 4.69) is 5.32 Å². The van der Waals surface area contributed by atoms with E-state index < -0.39 is 17.4 Å². The van der Waals surface area contributed by atoms with Gasteiger partial charge in [-0.15, -0.1) is 11.3 Å². The number of amides is 2. The Morgan fingerprint density at radius 3 is 2.48 bits per heavy atom. The summed E-state index contributed by atoms with van der Waals surface area (Å²) in [5.41, 5.74) is 21.5. The van der Waals surface area contributed by atoms with Gasteiger partial charge < -0.3 is 32.2 Å². The highest BCUT2D eigenvalue weighted by atomic mass is 32.1. The normalized spacial score (nSPS) is 19.9. The summed E-state index contributed by atoms with van der Waals surface area (Å²) in [5.74, 6) is 0.125. The Labute approximate surface area is 258 Å². The van der Waals surface area contributed by atoms with Crippen LogP contribution in [0.15, 0.2) is 60.7 Å². The lowest BCUT2D eigenvalue weighted by Crippen LogP contribution is -2.52. The summed E-state index contributed by atoms with van der Waals surface area (Å²) in [7, 11) is 0. The van der Waals surface area contributed by atoms with Gasteiger partial charge in [0.05, 0.1) is 16.8 Å². The highest BCUT2D eigenvalue weighted by Gasteiger charge is 2.49. The molecule has 224 valence electrons. The van der Waals surface area contributed by atoms with Gasteiger partial charge in [0, 0.05) is 35.6 Å². The van der Waals surface area contributed by atoms with Crippen molar-refractivity contribution in [1.82, 2.24) is 4.90 Å². The summed E-state index contributed by atoms with van der Waals surface area (Å²) in [6, 6.07) is 19.1. The van der Waals surface area contributed by atoms with Crippen molar-refractivity contribution in [1.29, 1.82) is 5.26 Å². The highest BCUT2D eigenvalue weighted by molar-refractivity contribution is 7.24. The molecule has 1 aliphatic heterocycles. The van der Waals surface area contributed by atoms with Crippen molar-refractivity contribution in [3.05, 3.63) is 82.9 Å². The van der Waals surface area contributed by atoms with Crippen LogP contribution in [0.5, 0.6) is 11.5 Å². The van der Waals surface area contributed by atoms with Crippen molar-refractivity contribution in [2.45, 2.75) is 37.8 Å². The van der Waals surface area contributed by atoms with E-state index in [0.29, 0.717) is 74.9 Å². The Balaban J connectivity index is 1.33. The number of hydrogen-bond donors (Lipinski definition) is 4. The molecule has 1 aromatic heterocycles. The molecular weight excluding hydrogens is 576 g/mol. The minimum absolute atomic E-state index is 0.175. The molecule has 1 saturated heterocycles. The molecule has 0 bridgehead atoms. The molecule has 1 fully saturated rings. The molecule has 4 aromatic rings. The zero-order valence-electron chi connectivity index (χ0n) is 24.1. The van der Waals surface area contributed by atoms with Gasteiger partial charge in [-0.1, -0.05) is 30.3 Å². The minimum Gasteiger partial charge on any atom is -0.457 e. The number of thiophene rings is 1. The number of benzene rings is 3. The van der Waals surface area contributed by atoms with Crippen LogP contribution in [0.4, 0.5) is 10.7 Å². The molecule has 1 aliphatic carbocycles. The van der Waals surface area contributed by atoms with Crippen LogP contribution < -0.4 is 27.3 Å². The van der Waals surface area contributed by atoms with Crippen LogP contribution in [0.2, 0.25) is 0 Å². The maximum absolute atomic E-state index is 14.2. The van der Waals surface area contributed by atoms with Gasteiger partial charge in [-0.3, -0.25) is 14.4 Å². The van der Waals surface area contributed by atoms with Crippen molar-refractivity contribution >= 4 is 49.7 Å². The zero-order valence-corrected chi connectivity index (χ0v) is 24.9. The average Bonchev–Trinajstić information content (AvgIpc) is 3.40. The van der Waals surface area contributed by atoms with Crippen molar-refractivity contribution < 1.29 is 19.1 Å². The third-order valence-electron chi connectivity index (χ3n) is 8.60. The number of piperidine rings is 1. The number of nitrogens with one attached hydrogen (secondary N) is 1. The second-order valence-corrected chi connectivity index (χ2v) is 12.3. The summed E-state index contributed by atoms with van der Waals surface area (Å²) in [6.07, 6.45) is 0.763. The lowest BCUT2D eigenvalue weighted by molar-refractivity contribution is -0.133. The van der Waals surface area contributed by atoms with E-state index >= 15 is 0 Å². The second kappa shape index (κ2) is 11.4. The minimum atomic E-state index is -1.56. The first kappa shape index (κ1) is 29.3. The van der Waals surface area contributed by atoms with Crippen LogP contribution in [0, 0.1) is 24.2 Å². The lowest BCUT2D eigenvalue weighted by Gasteiger charge is -2.37. The molecule has 10 nitrogen and oxygen atoms in total. The van der Waals surface area contributed by atoms with Crippen LogP contribution in [0.3, 0.4) is 0 Å². The number of rotatable bonds is 6. The second-order valence-electron chi connectivity index (χ2n) is 11.3. The maximum atomic E-state index is 14.2. The summed E-state index contributed by atoms with van der Waals surface area (Å²) >= 11 is 1.28. The van der Waals surface area contributed by atoms with E-state index in [1.807, 2.05) is 49.4 Å². The van der Waals surface area contributed by atoms with E-state index in [4.69, 9.17) is 27.2 Å². The SMILES string of the molecule is Cc1cc(Oc2ccccc2)ccc1C1(N)C(=O)C(N)c2c(NC(=O)C3CCN(C(=O)CC#N)CC3)sc3c(N)ccc1c23. The highest BCUT2D eigenvalue weighted by Crippen LogP contribution is 2.52. The Kier molecular flexibility index (Phi) is 7.59. The number of nitrogen functional groups attached to an aromatic ring is 1. The van der Waals surface area contributed by atoms with E-state index in [9.17, 15) is 14.4 Å². The van der Waals surface area contributed by atoms with Gasteiger partial charge in [0.25, 0.3) is 0 Å². The summed E-state index contributed by atoms with van der Waals surface area (Å²) in [4.78, 5) is 41.3. The largest absolute Gasteiger partial charge is 0.457 e. The van der Waals surface area contributed by atoms with Crippen molar-refractivity contribution in [2.75, 3.05) is 24.1 Å². The molecule has 2 amide bonds. The van der Waals surface area contributed by atoms with E-state index in [1.54, 1.807) is 29.2 Å². The molecule has 0 saturated carbocycles. The number of ketones is 1. The number of carbonyl (C=O) groups is 3. The summed E-state index contributed by atoms with van der Waals surface area (Å²) in [5, 5.41) is 13.0. The fourth-order valence-corrected chi connectivity index (χ4v) is 7.51. The maximum Gasteiger partial charge on any atom is 0.236 e. The molecule has 2 heterocycles. The van der Waals surface area contributed by atoms with Crippen LogP contribution >= 0.6 is 11.3 Å². The van der Waals surface area contributed by atoms with Crippen molar-refractivity contribution in [3.8, 4) is 17.6 Å². The van der Waals surface area contributed by atoms with Crippen LogP contribution in [-0.2, 0) is 19.9 Å². The lowest BCUT2D eigenvalue weighted by atomic mass is 9.70. The molecule has 44 heavy (non-hydrogen) atoms. The molecule has 0 spiro atoms. The molecule has 2 unspecified atom stereocenters. The molecule has 6 rings (SSSR count). The molecule has 2 aliphatic rings. The number of hydrogen-bond acceptors (Lipinski definition) is 9. The molecule has 0 radical (unpaired) electrons. The third-order valence-corrected chi connectivity index (χ3v) is 9.77. The number of ether oxygens (including phenoxy) is 1. The van der Waals surface area contributed by atoms with Gasteiger partial charge >= 0.3 is 0 Å². The quantitative estimate of drug-likeness (QED) is 0.232. The number of para-hydroxylation sites is 1. The van der Waals surface area contributed by atoms with Gasteiger partial charge in [0.1, 0.15) is 28.5 Å². The van der Waals surface area contributed by atoms with Crippen LogP contribution in [0.1, 0.15) is 47.6 Å².